The van der Waals surface area contributed by atoms with E-state index in [0.717, 1.165) is 6.42 Å². The molecular weight excluding hydrogens is 218 g/mol. The van der Waals surface area contributed by atoms with Gasteiger partial charge in [0.15, 0.2) is 0 Å². The zero-order valence-corrected chi connectivity index (χ0v) is 12.7. The molecule has 0 radical (unpaired) electrons. The molecule has 0 aliphatic carbocycles. The molecule has 0 fully saturated rings. The zero-order chi connectivity index (χ0) is 13.5. The Bertz CT molecular complexity index is 192. The van der Waals surface area contributed by atoms with Gasteiger partial charge < -0.3 is 0 Å². The minimum atomic E-state index is 0.679. The lowest BCUT2D eigenvalue weighted by atomic mass is 9.92. The van der Waals surface area contributed by atoms with Crippen LogP contribution in [0.5, 0.6) is 0 Å². The van der Waals surface area contributed by atoms with Crippen molar-refractivity contribution in [1.82, 2.24) is 0 Å². The Morgan fingerprint density at radius 2 is 1.17 bits per heavy atom. The molecule has 0 aromatic rings. The summed E-state index contributed by atoms with van der Waals surface area (Å²) in [6.45, 7) is 4.52. The largest absolute Gasteiger partial charge is 0.198 e. The lowest BCUT2D eigenvalue weighted by Gasteiger charge is -2.13. The van der Waals surface area contributed by atoms with Crippen LogP contribution in [0.25, 0.3) is 0 Å². The number of rotatable bonds is 13. The highest BCUT2D eigenvalue weighted by molar-refractivity contribution is 4.75. The van der Waals surface area contributed by atoms with Gasteiger partial charge >= 0.3 is 0 Å². The van der Waals surface area contributed by atoms with Crippen molar-refractivity contribution in [2.45, 2.75) is 97.3 Å². The third-order valence-electron chi connectivity index (χ3n) is 3.81. The Morgan fingerprint density at radius 3 is 1.67 bits per heavy atom. The fourth-order valence-corrected chi connectivity index (χ4v) is 2.55. The van der Waals surface area contributed by atoms with Crippen LogP contribution >= 0.6 is 0 Å². The van der Waals surface area contributed by atoms with Crippen LogP contribution in [0.3, 0.4) is 0 Å². The topological polar surface area (TPSA) is 23.8 Å². The molecule has 0 heterocycles. The van der Waals surface area contributed by atoms with E-state index < -0.39 is 0 Å². The maximum Gasteiger partial charge on any atom is 0.0624 e. The Labute approximate surface area is 115 Å². The van der Waals surface area contributed by atoms with E-state index in [1.54, 1.807) is 0 Å². The second-order valence-corrected chi connectivity index (χ2v) is 5.63. The minimum Gasteiger partial charge on any atom is -0.198 e. The van der Waals surface area contributed by atoms with E-state index >= 15 is 0 Å². The molecule has 0 N–H and O–H groups in total. The van der Waals surface area contributed by atoms with Crippen molar-refractivity contribution in [1.29, 1.82) is 5.26 Å². The van der Waals surface area contributed by atoms with Gasteiger partial charge in [-0.3, -0.25) is 0 Å². The first-order chi connectivity index (χ1) is 8.85. The molecule has 0 amide bonds. The summed E-state index contributed by atoms with van der Waals surface area (Å²) in [6.07, 6.45) is 16.9. The molecular formula is C17H33N. The summed E-state index contributed by atoms with van der Waals surface area (Å²) in [6, 6.07) is 2.37. The SMILES string of the molecule is CCCCCCCCC(CC#N)CCCCCC. The minimum absolute atomic E-state index is 0.679. The molecule has 0 bridgehead atoms. The number of nitriles is 1. The van der Waals surface area contributed by atoms with Gasteiger partial charge in [0.25, 0.3) is 0 Å². The second kappa shape index (κ2) is 14.6. The van der Waals surface area contributed by atoms with Gasteiger partial charge in [0.2, 0.25) is 0 Å². The third kappa shape index (κ3) is 12.0. The summed E-state index contributed by atoms with van der Waals surface area (Å²) in [7, 11) is 0. The van der Waals surface area contributed by atoms with Gasteiger partial charge in [-0.2, -0.15) is 5.26 Å². The highest BCUT2D eigenvalue weighted by Crippen LogP contribution is 2.21. The van der Waals surface area contributed by atoms with Crippen LogP contribution < -0.4 is 0 Å². The lowest BCUT2D eigenvalue weighted by molar-refractivity contribution is 0.410. The molecule has 0 saturated carbocycles. The van der Waals surface area contributed by atoms with E-state index in [0.29, 0.717) is 5.92 Å². The Balaban J connectivity index is 3.48. The predicted octanol–water partition coefficient (Wildman–Crippen LogP) is 6.24. The molecule has 18 heavy (non-hydrogen) atoms. The highest BCUT2D eigenvalue weighted by atomic mass is 14.2. The molecule has 106 valence electrons. The van der Waals surface area contributed by atoms with Crippen molar-refractivity contribution >= 4 is 0 Å². The Morgan fingerprint density at radius 1 is 0.722 bits per heavy atom. The van der Waals surface area contributed by atoms with Gasteiger partial charge in [-0.15, -0.1) is 0 Å². The first-order valence-electron chi connectivity index (χ1n) is 8.22. The van der Waals surface area contributed by atoms with Crippen LogP contribution in [0.4, 0.5) is 0 Å². The first kappa shape index (κ1) is 17.5. The van der Waals surface area contributed by atoms with Gasteiger partial charge in [-0.05, 0) is 18.8 Å². The Hall–Kier alpha value is -0.510. The summed E-state index contributed by atoms with van der Waals surface area (Å²) in [5, 5.41) is 8.86. The predicted molar refractivity (Wildman–Crippen MR) is 80.5 cm³/mol. The van der Waals surface area contributed by atoms with Gasteiger partial charge in [-0.25, -0.2) is 0 Å². The number of unbranched alkanes of at least 4 members (excludes halogenated alkanes) is 8. The zero-order valence-electron chi connectivity index (χ0n) is 12.7. The van der Waals surface area contributed by atoms with Crippen LogP contribution in [0.1, 0.15) is 97.3 Å². The average molecular weight is 251 g/mol. The quantitative estimate of drug-likeness (QED) is 0.355. The molecule has 0 aliphatic heterocycles. The first-order valence-corrected chi connectivity index (χ1v) is 8.22. The summed E-state index contributed by atoms with van der Waals surface area (Å²) in [5.74, 6) is 0.679. The average Bonchev–Trinajstić information content (AvgIpc) is 2.38. The van der Waals surface area contributed by atoms with Gasteiger partial charge in [0.1, 0.15) is 0 Å². The van der Waals surface area contributed by atoms with Crippen LogP contribution in [0, 0.1) is 17.2 Å². The molecule has 1 atom stereocenters. The fraction of sp³-hybridized carbons (Fsp3) is 0.941. The van der Waals surface area contributed by atoms with E-state index in [-0.39, 0.29) is 0 Å². The molecule has 0 spiro atoms. The molecule has 0 aromatic heterocycles. The van der Waals surface area contributed by atoms with Crippen molar-refractivity contribution < 1.29 is 0 Å². The number of hydrogen-bond acceptors (Lipinski definition) is 1. The van der Waals surface area contributed by atoms with Crippen molar-refractivity contribution in [3.05, 3.63) is 0 Å². The van der Waals surface area contributed by atoms with Gasteiger partial charge in [0, 0.05) is 6.42 Å². The number of nitrogens with zero attached hydrogens (tertiary/aromatic N) is 1. The monoisotopic (exact) mass is 251 g/mol. The van der Waals surface area contributed by atoms with E-state index in [9.17, 15) is 0 Å². The molecule has 1 nitrogen and oxygen atoms in total. The van der Waals surface area contributed by atoms with E-state index in [1.807, 2.05) is 0 Å². The highest BCUT2D eigenvalue weighted by Gasteiger charge is 2.07. The smallest absolute Gasteiger partial charge is 0.0624 e. The molecule has 0 rings (SSSR count). The van der Waals surface area contributed by atoms with E-state index in [1.165, 1.54) is 77.0 Å². The molecule has 0 saturated heterocycles. The van der Waals surface area contributed by atoms with Crippen molar-refractivity contribution in [3.63, 3.8) is 0 Å². The van der Waals surface area contributed by atoms with Crippen molar-refractivity contribution in [2.24, 2.45) is 5.92 Å². The normalized spacial score (nSPS) is 12.3. The molecule has 1 heteroatoms. The van der Waals surface area contributed by atoms with Gasteiger partial charge in [0.05, 0.1) is 6.07 Å². The lowest BCUT2D eigenvalue weighted by Crippen LogP contribution is -2.00. The molecule has 0 aliphatic rings. The van der Waals surface area contributed by atoms with Crippen LogP contribution in [0.15, 0.2) is 0 Å². The van der Waals surface area contributed by atoms with Gasteiger partial charge in [-0.1, -0.05) is 78.1 Å². The summed E-state index contributed by atoms with van der Waals surface area (Å²) in [5.41, 5.74) is 0. The maximum atomic E-state index is 8.86. The van der Waals surface area contributed by atoms with Crippen molar-refractivity contribution in [2.75, 3.05) is 0 Å². The standard InChI is InChI=1S/C17H33N/c1-3-5-7-9-10-12-14-17(15-16-18)13-11-8-6-4-2/h17H,3-15H2,1-2H3. The molecule has 1 unspecified atom stereocenters. The van der Waals surface area contributed by atoms with Crippen LogP contribution in [0.2, 0.25) is 0 Å². The summed E-state index contributed by atoms with van der Waals surface area (Å²) >= 11 is 0. The summed E-state index contributed by atoms with van der Waals surface area (Å²) in [4.78, 5) is 0. The number of hydrogen-bond donors (Lipinski definition) is 0. The van der Waals surface area contributed by atoms with Crippen LogP contribution in [-0.4, -0.2) is 0 Å². The fourth-order valence-electron chi connectivity index (χ4n) is 2.55. The summed E-state index contributed by atoms with van der Waals surface area (Å²) < 4.78 is 0. The Kier molecular flexibility index (Phi) is 14.1. The second-order valence-electron chi connectivity index (χ2n) is 5.63. The molecule has 0 aromatic carbocycles. The van der Waals surface area contributed by atoms with Crippen LogP contribution in [-0.2, 0) is 0 Å². The van der Waals surface area contributed by atoms with Crippen molar-refractivity contribution in [3.8, 4) is 6.07 Å². The van der Waals surface area contributed by atoms with E-state index in [4.69, 9.17) is 5.26 Å². The van der Waals surface area contributed by atoms with E-state index in [2.05, 4.69) is 19.9 Å². The third-order valence-corrected chi connectivity index (χ3v) is 3.81. The maximum absolute atomic E-state index is 8.86.